The van der Waals surface area contributed by atoms with Crippen molar-refractivity contribution in [3.8, 4) is 0 Å². The molecule has 1 aliphatic carbocycles. The van der Waals surface area contributed by atoms with E-state index in [0.29, 0.717) is 18.9 Å². The van der Waals surface area contributed by atoms with Crippen molar-refractivity contribution in [2.75, 3.05) is 18.1 Å². The molecular weight excluding hydrogens is 240 g/mol. The minimum atomic E-state index is -3.24. The number of hydrogen-bond acceptors (Lipinski definition) is 4. The van der Waals surface area contributed by atoms with Crippen LogP contribution in [-0.4, -0.2) is 38.4 Å². The molecule has 1 amide bonds. The average Bonchev–Trinajstić information content (AvgIpc) is 2.63. The first-order chi connectivity index (χ1) is 7.98. The molecule has 0 heterocycles. The first kappa shape index (κ1) is 14.4. The smallest absolute Gasteiger partial charge is 0.235 e. The summed E-state index contributed by atoms with van der Waals surface area (Å²) in [6, 6.07) is 0.0596. The lowest BCUT2D eigenvalue weighted by Crippen LogP contribution is -2.42. The maximum Gasteiger partial charge on any atom is 0.235 e. The molecule has 0 aromatic carbocycles. The van der Waals surface area contributed by atoms with Gasteiger partial charge in [0.15, 0.2) is 9.84 Å². The van der Waals surface area contributed by atoms with Crippen molar-refractivity contribution in [1.82, 2.24) is 5.32 Å². The SMILES string of the molecule is CCCS(=O)(=O)CC(=O)NC1CCCC1CN. The molecule has 5 nitrogen and oxygen atoms in total. The number of nitrogens with two attached hydrogens (primary N) is 1. The Balaban J connectivity index is 2.44. The van der Waals surface area contributed by atoms with Gasteiger partial charge in [0.25, 0.3) is 0 Å². The number of hydrogen-bond donors (Lipinski definition) is 2. The zero-order valence-corrected chi connectivity index (χ0v) is 11.1. The highest BCUT2D eigenvalue weighted by molar-refractivity contribution is 7.92. The van der Waals surface area contributed by atoms with Crippen LogP contribution < -0.4 is 11.1 Å². The molecular formula is C11H22N2O3S. The number of carbonyl (C=O) groups excluding carboxylic acids is 1. The van der Waals surface area contributed by atoms with Crippen LogP contribution in [0.2, 0.25) is 0 Å². The van der Waals surface area contributed by atoms with Gasteiger partial charge in [0.05, 0.1) is 5.75 Å². The van der Waals surface area contributed by atoms with Crippen molar-refractivity contribution < 1.29 is 13.2 Å². The fraction of sp³-hybridized carbons (Fsp3) is 0.909. The minimum absolute atomic E-state index is 0.0596. The molecule has 17 heavy (non-hydrogen) atoms. The minimum Gasteiger partial charge on any atom is -0.352 e. The molecule has 2 atom stereocenters. The van der Waals surface area contributed by atoms with Crippen molar-refractivity contribution in [3.63, 3.8) is 0 Å². The summed E-state index contributed by atoms with van der Waals surface area (Å²) in [5, 5.41) is 2.80. The van der Waals surface area contributed by atoms with Crippen LogP contribution in [0.1, 0.15) is 32.6 Å². The molecule has 0 bridgehead atoms. The molecule has 0 radical (unpaired) electrons. The van der Waals surface area contributed by atoms with Crippen molar-refractivity contribution >= 4 is 15.7 Å². The van der Waals surface area contributed by atoms with E-state index < -0.39 is 15.6 Å². The van der Waals surface area contributed by atoms with Crippen LogP contribution in [0.4, 0.5) is 0 Å². The summed E-state index contributed by atoms with van der Waals surface area (Å²) in [5.41, 5.74) is 5.61. The van der Waals surface area contributed by atoms with Gasteiger partial charge in [0.1, 0.15) is 5.75 Å². The van der Waals surface area contributed by atoms with Gasteiger partial charge in [0.2, 0.25) is 5.91 Å². The molecule has 0 saturated heterocycles. The Labute approximate surface area is 103 Å². The lowest BCUT2D eigenvalue weighted by molar-refractivity contribution is -0.119. The van der Waals surface area contributed by atoms with Gasteiger partial charge >= 0.3 is 0 Å². The molecule has 0 aromatic heterocycles. The van der Waals surface area contributed by atoms with Gasteiger partial charge in [-0.05, 0) is 31.7 Å². The van der Waals surface area contributed by atoms with Crippen molar-refractivity contribution in [1.29, 1.82) is 0 Å². The molecule has 1 aliphatic rings. The van der Waals surface area contributed by atoms with Gasteiger partial charge in [-0.15, -0.1) is 0 Å². The van der Waals surface area contributed by atoms with E-state index in [9.17, 15) is 13.2 Å². The first-order valence-electron chi connectivity index (χ1n) is 6.18. The third-order valence-corrected chi connectivity index (χ3v) is 4.91. The van der Waals surface area contributed by atoms with Gasteiger partial charge in [-0.1, -0.05) is 13.3 Å². The summed E-state index contributed by atoms with van der Waals surface area (Å²) in [5.74, 6) is -0.406. The number of carbonyl (C=O) groups is 1. The molecule has 2 unspecified atom stereocenters. The number of amides is 1. The maximum atomic E-state index is 11.6. The molecule has 0 aliphatic heterocycles. The highest BCUT2D eigenvalue weighted by atomic mass is 32.2. The van der Waals surface area contributed by atoms with Crippen LogP contribution in [0.25, 0.3) is 0 Å². The van der Waals surface area contributed by atoms with E-state index >= 15 is 0 Å². The highest BCUT2D eigenvalue weighted by Gasteiger charge is 2.28. The Morgan fingerprint density at radius 2 is 2.12 bits per heavy atom. The summed E-state index contributed by atoms with van der Waals surface area (Å²) < 4.78 is 23.0. The van der Waals surface area contributed by atoms with Crippen LogP contribution >= 0.6 is 0 Å². The second-order valence-electron chi connectivity index (χ2n) is 4.69. The molecule has 0 spiro atoms. The van der Waals surface area contributed by atoms with Crippen LogP contribution in [-0.2, 0) is 14.6 Å². The summed E-state index contributed by atoms with van der Waals surface area (Å²) in [4.78, 5) is 11.6. The predicted octanol–water partition coefficient (Wildman–Crippen LogP) is 0.0548. The van der Waals surface area contributed by atoms with Crippen LogP contribution in [0, 0.1) is 5.92 Å². The lowest BCUT2D eigenvalue weighted by Gasteiger charge is -2.19. The zero-order valence-electron chi connectivity index (χ0n) is 10.3. The molecule has 0 aromatic rings. The van der Waals surface area contributed by atoms with Crippen LogP contribution in [0.3, 0.4) is 0 Å². The van der Waals surface area contributed by atoms with E-state index in [2.05, 4.69) is 5.32 Å². The van der Waals surface area contributed by atoms with Crippen molar-refractivity contribution in [2.24, 2.45) is 11.7 Å². The van der Waals surface area contributed by atoms with Crippen LogP contribution in [0.5, 0.6) is 0 Å². The Kier molecular flexibility index (Phi) is 5.39. The summed E-state index contributed by atoms with van der Waals surface area (Å²) >= 11 is 0. The topological polar surface area (TPSA) is 89.3 Å². The molecule has 6 heteroatoms. The van der Waals surface area contributed by atoms with E-state index in [-0.39, 0.29) is 17.7 Å². The fourth-order valence-electron chi connectivity index (χ4n) is 2.34. The Bertz CT molecular complexity index is 354. The van der Waals surface area contributed by atoms with Gasteiger partial charge < -0.3 is 11.1 Å². The van der Waals surface area contributed by atoms with Crippen LogP contribution in [0.15, 0.2) is 0 Å². The fourth-order valence-corrected chi connectivity index (χ4v) is 3.59. The van der Waals surface area contributed by atoms with E-state index in [1.807, 2.05) is 0 Å². The summed E-state index contributed by atoms with van der Waals surface area (Å²) in [6.45, 7) is 2.34. The molecule has 1 rings (SSSR count). The van der Waals surface area contributed by atoms with E-state index in [0.717, 1.165) is 19.3 Å². The monoisotopic (exact) mass is 262 g/mol. The number of rotatable bonds is 6. The third-order valence-electron chi connectivity index (χ3n) is 3.17. The largest absolute Gasteiger partial charge is 0.352 e. The summed E-state index contributed by atoms with van der Waals surface area (Å²) in [7, 11) is -3.24. The Morgan fingerprint density at radius 1 is 1.41 bits per heavy atom. The first-order valence-corrected chi connectivity index (χ1v) is 8.00. The second-order valence-corrected chi connectivity index (χ2v) is 6.88. The molecule has 3 N–H and O–H groups in total. The average molecular weight is 262 g/mol. The normalized spacial score (nSPS) is 24.8. The van der Waals surface area contributed by atoms with E-state index in [1.165, 1.54) is 0 Å². The van der Waals surface area contributed by atoms with Gasteiger partial charge in [0, 0.05) is 6.04 Å². The summed E-state index contributed by atoms with van der Waals surface area (Å²) in [6.07, 6.45) is 3.52. The highest BCUT2D eigenvalue weighted by Crippen LogP contribution is 2.24. The molecule has 1 fully saturated rings. The quantitative estimate of drug-likeness (QED) is 0.708. The molecule has 100 valence electrons. The second kappa shape index (κ2) is 6.35. The standard InChI is InChI=1S/C11H22N2O3S/c1-2-6-17(15,16)8-11(14)13-10-5-3-4-9(10)7-12/h9-10H,2-8,12H2,1H3,(H,13,14). The van der Waals surface area contributed by atoms with E-state index in [4.69, 9.17) is 5.73 Å². The molecule has 1 saturated carbocycles. The Hall–Kier alpha value is -0.620. The van der Waals surface area contributed by atoms with Gasteiger partial charge in [-0.25, -0.2) is 8.42 Å². The predicted molar refractivity (Wildman–Crippen MR) is 67.3 cm³/mol. The third kappa shape index (κ3) is 4.63. The van der Waals surface area contributed by atoms with Crippen molar-refractivity contribution in [2.45, 2.75) is 38.6 Å². The van der Waals surface area contributed by atoms with Crippen molar-refractivity contribution in [3.05, 3.63) is 0 Å². The Morgan fingerprint density at radius 3 is 2.71 bits per heavy atom. The number of nitrogens with one attached hydrogen (secondary N) is 1. The van der Waals surface area contributed by atoms with E-state index in [1.54, 1.807) is 6.92 Å². The van der Waals surface area contributed by atoms with Gasteiger partial charge in [-0.3, -0.25) is 4.79 Å². The lowest BCUT2D eigenvalue weighted by atomic mass is 10.0. The van der Waals surface area contributed by atoms with Gasteiger partial charge in [-0.2, -0.15) is 0 Å². The zero-order chi connectivity index (χ0) is 12.9. The number of sulfone groups is 1. The maximum absolute atomic E-state index is 11.6.